The normalized spacial score (nSPS) is 14.4. The summed E-state index contributed by atoms with van der Waals surface area (Å²) in [5.74, 6) is 0. The summed E-state index contributed by atoms with van der Waals surface area (Å²) in [7, 11) is -15.4. The molecule has 0 radical (unpaired) electrons. The molecule has 2 aromatic heterocycles. The van der Waals surface area contributed by atoms with Gasteiger partial charge >= 0.3 is 0 Å². The van der Waals surface area contributed by atoms with Gasteiger partial charge in [-0.3, -0.25) is 0 Å². The van der Waals surface area contributed by atoms with Crippen molar-refractivity contribution < 1.29 is 33.7 Å². The Morgan fingerprint density at radius 3 is 0.650 bits per heavy atom. The van der Waals surface area contributed by atoms with Gasteiger partial charge in [-0.15, -0.1) is 0 Å². The van der Waals surface area contributed by atoms with E-state index in [0.29, 0.717) is 69.8 Å². The van der Waals surface area contributed by atoms with Gasteiger partial charge in [0.2, 0.25) is 40.1 Å². The van der Waals surface area contributed by atoms with E-state index in [1.807, 2.05) is 135 Å². The highest BCUT2D eigenvalue weighted by Crippen LogP contribution is 2.42. The maximum absolute atomic E-state index is 13.5. The van der Waals surface area contributed by atoms with E-state index in [9.17, 15) is 33.7 Å². The smallest absolute Gasteiger partial charge is 0.242 e. The predicted octanol–water partition coefficient (Wildman–Crippen LogP) is 14.5. The third-order valence-corrected chi connectivity index (χ3v) is 20.8. The van der Waals surface area contributed by atoms with Gasteiger partial charge in [-0.1, -0.05) is 175 Å². The Kier molecular flexibility index (Phi) is 22.4. The summed E-state index contributed by atoms with van der Waals surface area (Å²) in [5, 5.41) is 2.81. The number of H-pyrrole nitrogens is 2. The summed E-state index contributed by atoms with van der Waals surface area (Å²) in [6.45, 7) is 33.9. The summed E-state index contributed by atoms with van der Waals surface area (Å²) < 4.78 is 119. The van der Waals surface area contributed by atoms with E-state index in [4.69, 9.17) is 0 Å². The zero-order chi connectivity index (χ0) is 59.9. The second-order valence-corrected chi connectivity index (χ2v) is 32.9. The van der Waals surface area contributed by atoms with E-state index in [0.717, 1.165) is 73.6 Å². The molecule has 0 atom stereocenters. The summed E-state index contributed by atoms with van der Waals surface area (Å²) in [6.07, 6.45) is 15.4. The molecule has 0 aliphatic heterocycles. The van der Waals surface area contributed by atoms with E-state index in [-0.39, 0.29) is 41.2 Å². The van der Waals surface area contributed by atoms with Gasteiger partial charge in [-0.25, -0.2) is 52.6 Å². The highest BCUT2D eigenvalue weighted by atomic mass is 32.2. The molecule has 7 rings (SSSR count). The predicted molar refractivity (Wildman–Crippen MR) is 334 cm³/mol. The molecule has 0 bridgehead atoms. The van der Waals surface area contributed by atoms with Crippen molar-refractivity contribution in [3.05, 3.63) is 70.8 Å². The van der Waals surface area contributed by atoms with E-state index >= 15 is 0 Å². The highest BCUT2D eigenvalue weighted by Gasteiger charge is 2.31. The van der Waals surface area contributed by atoms with Crippen LogP contribution >= 0.6 is 0 Å². The average Bonchev–Trinajstić information content (AvgIpc) is 3.94. The van der Waals surface area contributed by atoms with Gasteiger partial charge in [-0.05, 0) is 118 Å². The molecule has 0 spiro atoms. The molecular weight excluding hydrogens is 1080 g/mol. The van der Waals surface area contributed by atoms with Crippen molar-refractivity contribution in [3.8, 4) is 0 Å². The lowest BCUT2D eigenvalue weighted by Crippen LogP contribution is -2.26. The van der Waals surface area contributed by atoms with Crippen LogP contribution < -0.4 is 18.9 Å². The number of fused-ring (bicyclic) bond motifs is 6. The highest BCUT2D eigenvalue weighted by molar-refractivity contribution is 7.90. The van der Waals surface area contributed by atoms with E-state index in [1.54, 1.807) is 24.3 Å². The van der Waals surface area contributed by atoms with Crippen LogP contribution in [0.5, 0.6) is 0 Å². The fraction of sp³-hybridized carbons (Fsp3) is 0.613. The van der Waals surface area contributed by atoms with Crippen molar-refractivity contribution in [1.29, 1.82) is 0 Å². The van der Waals surface area contributed by atoms with Crippen LogP contribution in [0.4, 0.5) is 0 Å². The van der Waals surface area contributed by atoms with Crippen LogP contribution in [0.3, 0.4) is 0 Å². The molecule has 6 aromatic rings. The lowest BCUT2D eigenvalue weighted by Gasteiger charge is -2.21. The molecule has 18 heteroatoms. The van der Waals surface area contributed by atoms with Crippen molar-refractivity contribution in [3.63, 3.8) is 0 Å². The summed E-state index contributed by atoms with van der Waals surface area (Å²) in [5.41, 5.74) is 3.87. The van der Waals surface area contributed by atoms with Gasteiger partial charge in [-0.2, -0.15) is 0 Å². The second-order valence-electron chi connectivity index (χ2n) is 26.0. The topological polar surface area (TPSA) is 216 Å². The summed E-state index contributed by atoms with van der Waals surface area (Å²) >= 11 is 0. The molecular formula is C62H98N6O8S4. The zero-order valence-electron chi connectivity index (χ0n) is 51.2. The van der Waals surface area contributed by atoms with Crippen molar-refractivity contribution >= 4 is 83.7 Å². The molecule has 4 aromatic carbocycles. The number of sulfonamides is 4. The number of nitrogens with one attached hydrogen (secondary N) is 6. The van der Waals surface area contributed by atoms with Crippen LogP contribution in [0.25, 0.3) is 43.6 Å². The Morgan fingerprint density at radius 1 is 0.325 bits per heavy atom. The van der Waals surface area contributed by atoms with Crippen LogP contribution in [0.15, 0.2) is 68.1 Å². The minimum atomic E-state index is -3.84. The van der Waals surface area contributed by atoms with Gasteiger partial charge in [0.15, 0.2) is 0 Å². The Balaban J connectivity index is 0.000000265. The largest absolute Gasteiger partial charge is 0.352 e. The maximum atomic E-state index is 13.5. The molecule has 14 nitrogen and oxygen atoms in total. The first-order valence-corrected chi connectivity index (χ1v) is 35.3. The molecule has 1 aliphatic rings. The van der Waals surface area contributed by atoms with E-state index in [2.05, 4.69) is 28.9 Å². The molecule has 448 valence electrons. The molecule has 1 fully saturated rings. The first-order chi connectivity index (χ1) is 37.1. The lowest BCUT2D eigenvalue weighted by molar-refractivity contribution is 0.504. The van der Waals surface area contributed by atoms with Gasteiger partial charge < -0.3 is 9.97 Å². The number of aromatic amines is 2. The number of aromatic nitrogens is 2. The summed E-state index contributed by atoms with van der Waals surface area (Å²) in [4.78, 5) is 7.02. The third kappa shape index (κ3) is 16.7. The zero-order valence-corrected chi connectivity index (χ0v) is 54.5. The molecule has 1 aliphatic carbocycles. The number of benzene rings is 4. The molecule has 6 N–H and O–H groups in total. The fourth-order valence-electron chi connectivity index (χ4n) is 9.56. The average molecular weight is 1180 g/mol. The van der Waals surface area contributed by atoms with Gasteiger partial charge in [0.05, 0.1) is 22.1 Å². The van der Waals surface area contributed by atoms with Gasteiger partial charge in [0, 0.05) is 47.7 Å². The quantitative estimate of drug-likeness (QED) is 0.0403. The molecule has 2 heterocycles. The Morgan fingerprint density at radius 2 is 0.500 bits per heavy atom. The van der Waals surface area contributed by atoms with Crippen LogP contribution in [-0.4, -0.2) is 69.8 Å². The number of rotatable bonds is 20. The monoisotopic (exact) mass is 1180 g/mol. The Hall–Kier alpha value is -3.88. The van der Waals surface area contributed by atoms with Gasteiger partial charge in [0.1, 0.15) is 19.6 Å². The van der Waals surface area contributed by atoms with Crippen molar-refractivity contribution in [1.82, 2.24) is 28.9 Å². The van der Waals surface area contributed by atoms with Crippen molar-refractivity contribution in [2.24, 2.45) is 0 Å². The Labute approximate surface area is 482 Å². The minimum Gasteiger partial charge on any atom is -0.352 e. The van der Waals surface area contributed by atoms with Crippen molar-refractivity contribution in [2.75, 3.05) is 26.2 Å². The standard InChI is InChI=1S/2C28H43N3O4S2.C6H12/c2*1-9-11-13-29-36(32,33)23-17-19(27(3,4)5)15-21-22-16-20(28(6,7)8)18-24(26(22)31-25(21)23)37(34,35)30-14-12-10-2;1-2-4-6-5-3-1/h2*15-18,29-31H,9-14H2,1-8H3;1-6H2. The van der Waals surface area contributed by atoms with Crippen molar-refractivity contribution in [2.45, 2.75) is 242 Å². The molecule has 0 unspecified atom stereocenters. The first-order valence-electron chi connectivity index (χ1n) is 29.3. The maximum Gasteiger partial charge on any atom is 0.242 e. The van der Waals surface area contributed by atoms with Gasteiger partial charge in [0.25, 0.3) is 0 Å². The number of hydrogen-bond acceptors (Lipinski definition) is 8. The van der Waals surface area contributed by atoms with E-state index < -0.39 is 40.1 Å². The minimum absolute atomic E-state index is 0.141. The van der Waals surface area contributed by atoms with E-state index in [1.165, 1.54) is 38.5 Å². The summed E-state index contributed by atoms with van der Waals surface area (Å²) in [6, 6.07) is 14.8. The van der Waals surface area contributed by atoms with Crippen LogP contribution in [-0.2, 0) is 61.8 Å². The second kappa shape index (κ2) is 26.8. The molecule has 0 saturated heterocycles. The SMILES string of the molecule is C1CCCCC1.CCCCNS(=O)(=O)c1cc(C(C)(C)C)cc2c1[nH]c1c(S(=O)(=O)NCCCC)cc(C(C)(C)C)cc12.CCCCNS(=O)(=O)c1cc(C(C)(C)C)cc2c1[nH]c1c(S(=O)(=O)NCCCC)cc(C(C)(C)C)cc12. The van der Waals surface area contributed by atoms with Crippen LogP contribution in [0.1, 0.15) is 223 Å². The van der Waals surface area contributed by atoms with Crippen LogP contribution in [0, 0.1) is 0 Å². The third-order valence-electron chi connectivity index (χ3n) is 14.9. The molecule has 1 saturated carbocycles. The Bertz CT molecular complexity index is 3080. The lowest BCUT2D eigenvalue weighted by atomic mass is 9.85. The molecule has 80 heavy (non-hydrogen) atoms. The molecule has 0 amide bonds. The number of hydrogen-bond donors (Lipinski definition) is 6. The van der Waals surface area contributed by atoms with Crippen LogP contribution in [0.2, 0.25) is 0 Å². The fourth-order valence-corrected chi connectivity index (χ4v) is 14.7. The number of unbranched alkanes of at least 4 members (excludes halogenated alkanes) is 4. The first kappa shape index (κ1) is 66.9.